The van der Waals surface area contributed by atoms with Crippen LogP contribution in [-0.4, -0.2) is 46.4 Å². The zero-order valence-electron chi connectivity index (χ0n) is 15.5. The average molecular weight is 351 g/mol. The molecule has 0 unspecified atom stereocenters. The van der Waals surface area contributed by atoms with Crippen LogP contribution in [0.15, 0.2) is 48.5 Å². The van der Waals surface area contributed by atoms with Crippen LogP contribution >= 0.6 is 0 Å². The number of nitrogens with zero attached hydrogens (tertiary/aromatic N) is 4. The summed E-state index contributed by atoms with van der Waals surface area (Å²) in [5.74, 6) is 0.0176. The van der Waals surface area contributed by atoms with Gasteiger partial charge in [0.05, 0.1) is 5.52 Å². The van der Waals surface area contributed by atoms with Crippen molar-refractivity contribution >= 4 is 16.9 Å². The molecular formula is C20H25N5O. The number of likely N-dealkylation sites (N-methyl/N-ethyl adjacent to an activating group) is 1. The van der Waals surface area contributed by atoms with Crippen molar-refractivity contribution in [2.45, 2.75) is 25.9 Å². The third-order valence-electron chi connectivity index (χ3n) is 4.39. The zero-order valence-corrected chi connectivity index (χ0v) is 15.5. The third-order valence-corrected chi connectivity index (χ3v) is 4.39. The number of carbonyl (C=O) groups excluding carboxylic acids is 1. The smallest absolute Gasteiger partial charge is 0.241 e. The number of benzene rings is 2. The molecule has 0 fully saturated rings. The molecule has 0 radical (unpaired) electrons. The highest BCUT2D eigenvalue weighted by atomic mass is 16.2. The molecule has 1 aromatic heterocycles. The quantitative estimate of drug-likeness (QED) is 0.665. The fourth-order valence-electron chi connectivity index (χ4n) is 3.14. The minimum Gasteiger partial charge on any atom is -0.354 e. The van der Waals surface area contributed by atoms with Gasteiger partial charge >= 0.3 is 0 Å². The van der Waals surface area contributed by atoms with Gasteiger partial charge in [0.2, 0.25) is 5.91 Å². The standard InChI is InChI=1S/C20H25N5O/c1-15-8-6-9-16(14-15)19(24(2)3)20(26)21-12-7-13-25-18-11-5-4-10-17(18)22-23-25/h4-6,8-11,14,19H,7,12-13H2,1-3H3,(H,21,26)/t19-/m1/s1. The molecule has 6 nitrogen and oxygen atoms in total. The van der Waals surface area contributed by atoms with E-state index in [1.54, 1.807) is 0 Å². The molecule has 0 aliphatic heterocycles. The Hall–Kier alpha value is -2.73. The molecule has 1 amide bonds. The van der Waals surface area contributed by atoms with E-state index in [1.807, 2.05) is 73.1 Å². The van der Waals surface area contributed by atoms with Gasteiger partial charge in [-0.2, -0.15) is 0 Å². The number of fused-ring (bicyclic) bond motifs is 1. The van der Waals surface area contributed by atoms with Crippen molar-refractivity contribution in [3.05, 3.63) is 59.7 Å². The molecule has 1 atom stereocenters. The molecule has 3 rings (SSSR count). The molecule has 1 N–H and O–H groups in total. The minimum atomic E-state index is -0.290. The normalized spacial score (nSPS) is 12.5. The topological polar surface area (TPSA) is 63.1 Å². The number of hydrogen-bond acceptors (Lipinski definition) is 4. The molecule has 0 saturated heterocycles. The Morgan fingerprint density at radius 3 is 2.77 bits per heavy atom. The van der Waals surface area contributed by atoms with Crippen LogP contribution in [0.1, 0.15) is 23.6 Å². The number of hydrogen-bond donors (Lipinski definition) is 1. The second kappa shape index (κ2) is 8.10. The summed E-state index contributed by atoms with van der Waals surface area (Å²) in [6, 6.07) is 15.7. The maximum Gasteiger partial charge on any atom is 0.241 e. The van der Waals surface area contributed by atoms with Crippen LogP contribution in [0.25, 0.3) is 11.0 Å². The monoisotopic (exact) mass is 351 g/mol. The number of aromatic nitrogens is 3. The van der Waals surface area contributed by atoms with Crippen LogP contribution in [0.4, 0.5) is 0 Å². The van der Waals surface area contributed by atoms with E-state index in [9.17, 15) is 4.79 Å². The predicted octanol–water partition coefficient (Wildman–Crippen LogP) is 2.55. The van der Waals surface area contributed by atoms with Crippen LogP contribution in [-0.2, 0) is 11.3 Å². The van der Waals surface area contributed by atoms with Gasteiger partial charge in [-0.3, -0.25) is 9.69 Å². The SMILES string of the molecule is Cc1cccc([C@H](C(=O)NCCCn2nnc3ccccc32)N(C)C)c1. The fraction of sp³-hybridized carbons (Fsp3) is 0.350. The summed E-state index contributed by atoms with van der Waals surface area (Å²) in [4.78, 5) is 14.6. The van der Waals surface area contributed by atoms with Crippen molar-refractivity contribution in [1.82, 2.24) is 25.2 Å². The van der Waals surface area contributed by atoms with Gasteiger partial charge in [0.1, 0.15) is 11.6 Å². The second-order valence-electron chi connectivity index (χ2n) is 6.73. The van der Waals surface area contributed by atoms with E-state index >= 15 is 0 Å². The summed E-state index contributed by atoms with van der Waals surface area (Å²) in [5.41, 5.74) is 4.07. The van der Waals surface area contributed by atoms with Crippen molar-refractivity contribution in [1.29, 1.82) is 0 Å². The highest BCUT2D eigenvalue weighted by molar-refractivity contribution is 5.83. The Morgan fingerprint density at radius 2 is 2.00 bits per heavy atom. The largest absolute Gasteiger partial charge is 0.354 e. The van der Waals surface area contributed by atoms with E-state index in [2.05, 4.69) is 21.7 Å². The van der Waals surface area contributed by atoms with Crippen LogP contribution in [0.3, 0.4) is 0 Å². The lowest BCUT2D eigenvalue weighted by Crippen LogP contribution is -2.37. The van der Waals surface area contributed by atoms with E-state index in [4.69, 9.17) is 0 Å². The molecule has 2 aromatic carbocycles. The first-order valence-corrected chi connectivity index (χ1v) is 8.85. The van der Waals surface area contributed by atoms with Gasteiger partial charge in [-0.25, -0.2) is 4.68 Å². The third kappa shape index (κ3) is 4.08. The number of aryl methyl sites for hydroxylation is 2. The molecule has 0 saturated carbocycles. The van der Waals surface area contributed by atoms with Crippen molar-refractivity contribution in [3.8, 4) is 0 Å². The molecule has 3 aromatic rings. The second-order valence-corrected chi connectivity index (χ2v) is 6.73. The molecule has 0 bridgehead atoms. The first-order valence-electron chi connectivity index (χ1n) is 8.85. The van der Waals surface area contributed by atoms with Crippen molar-refractivity contribution in [2.75, 3.05) is 20.6 Å². The van der Waals surface area contributed by atoms with Crippen LogP contribution in [0.5, 0.6) is 0 Å². The summed E-state index contributed by atoms with van der Waals surface area (Å²) < 4.78 is 1.88. The maximum atomic E-state index is 12.7. The van der Waals surface area contributed by atoms with Crippen molar-refractivity contribution < 1.29 is 4.79 Å². The molecule has 6 heteroatoms. The molecule has 1 heterocycles. The number of amides is 1. The van der Waals surface area contributed by atoms with Gasteiger partial charge in [-0.05, 0) is 45.1 Å². The number of rotatable bonds is 7. The van der Waals surface area contributed by atoms with E-state index in [1.165, 1.54) is 0 Å². The van der Waals surface area contributed by atoms with Gasteiger partial charge in [0.15, 0.2) is 0 Å². The predicted molar refractivity (Wildman–Crippen MR) is 103 cm³/mol. The van der Waals surface area contributed by atoms with Crippen LogP contribution < -0.4 is 5.32 Å². The molecule has 136 valence electrons. The first-order chi connectivity index (χ1) is 12.6. The Balaban J connectivity index is 1.57. The summed E-state index contributed by atoms with van der Waals surface area (Å²) in [7, 11) is 3.85. The fourth-order valence-corrected chi connectivity index (χ4v) is 3.14. The van der Waals surface area contributed by atoms with Gasteiger partial charge in [-0.1, -0.05) is 47.2 Å². The van der Waals surface area contributed by atoms with E-state index in [-0.39, 0.29) is 11.9 Å². The Morgan fingerprint density at radius 1 is 1.19 bits per heavy atom. The van der Waals surface area contributed by atoms with Crippen LogP contribution in [0, 0.1) is 6.92 Å². The Kier molecular flexibility index (Phi) is 5.63. The van der Waals surface area contributed by atoms with E-state index in [0.29, 0.717) is 6.54 Å². The molecule has 0 aliphatic rings. The van der Waals surface area contributed by atoms with E-state index < -0.39 is 0 Å². The van der Waals surface area contributed by atoms with Crippen molar-refractivity contribution in [2.24, 2.45) is 0 Å². The van der Waals surface area contributed by atoms with Gasteiger partial charge < -0.3 is 5.32 Å². The van der Waals surface area contributed by atoms with Crippen LogP contribution in [0.2, 0.25) is 0 Å². The maximum absolute atomic E-state index is 12.7. The minimum absolute atomic E-state index is 0.0176. The van der Waals surface area contributed by atoms with Gasteiger partial charge in [-0.15, -0.1) is 5.10 Å². The zero-order chi connectivity index (χ0) is 18.5. The van der Waals surface area contributed by atoms with E-state index in [0.717, 1.165) is 35.1 Å². The van der Waals surface area contributed by atoms with Gasteiger partial charge in [0.25, 0.3) is 0 Å². The molecule has 26 heavy (non-hydrogen) atoms. The van der Waals surface area contributed by atoms with Crippen molar-refractivity contribution in [3.63, 3.8) is 0 Å². The lowest BCUT2D eigenvalue weighted by Gasteiger charge is -2.24. The summed E-state index contributed by atoms with van der Waals surface area (Å²) in [6.45, 7) is 3.36. The average Bonchev–Trinajstić information content (AvgIpc) is 3.02. The summed E-state index contributed by atoms with van der Waals surface area (Å²) in [5, 5.41) is 11.4. The first kappa shape index (κ1) is 18.1. The highest BCUT2D eigenvalue weighted by Gasteiger charge is 2.22. The number of nitrogens with one attached hydrogen (secondary N) is 1. The Bertz CT molecular complexity index is 887. The lowest BCUT2D eigenvalue weighted by atomic mass is 10.0. The lowest BCUT2D eigenvalue weighted by molar-refractivity contribution is -0.125. The van der Waals surface area contributed by atoms with Gasteiger partial charge in [0, 0.05) is 13.1 Å². The number of para-hydroxylation sites is 1. The molecule has 0 spiro atoms. The highest BCUT2D eigenvalue weighted by Crippen LogP contribution is 2.19. The summed E-state index contributed by atoms with van der Waals surface area (Å²) >= 11 is 0. The Labute approximate surface area is 153 Å². The molecular weight excluding hydrogens is 326 g/mol. The number of carbonyl (C=O) groups is 1. The summed E-state index contributed by atoms with van der Waals surface area (Å²) in [6.07, 6.45) is 0.799. The molecule has 0 aliphatic carbocycles.